The Kier molecular flexibility index (Phi) is 3.74. The van der Waals surface area contributed by atoms with Crippen molar-refractivity contribution in [2.75, 3.05) is 25.1 Å². The predicted molar refractivity (Wildman–Crippen MR) is 59.1 cm³/mol. The van der Waals surface area contributed by atoms with Gasteiger partial charge in [-0.25, -0.2) is 0 Å². The van der Waals surface area contributed by atoms with Crippen molar-refractivity contribution in [1.29, 1.82) is 0 Å². The molecular weight excluding hydrogens is 208 g/mol. The Morgan fingerprint density at radius 2 is 2.31 bits per heavy atom. The van der Waals surface area contributed by atoms with Gasteiger partial charge < -0.3 is 19.8 Å². The summed E-state index contributed by atoms with van der Waals surface area (Å²) in [6.07, 6.45) is 3.77. The van der Waals surface area contributed by atoms with Gasteiger partial charge >= 0.3 is 6.01 Å². The summed E-state index contributed by atoms with van der Waals surface area (Å²) in [7, 11) is 1.92. The maximum Gasteiger partial charge on any atom is 0.318 e. The number of anilines is 1. The normalized spacial score (nSPS) is 21.0. The molecule has 2 N–H and O–H groups in total. The SMILES string of the molecule is CN(CC1CCCCO1)c1nnc(CN)o1. The lowest BCUT2D eigenvalue weighted by Crippen LogP contribution is -2.33. The summed E-state index contributed by atoms with van der Waals surface area (Å²) < 4.78 is 11.0. The first kappa shape index (κ1) is 11.3. The quantitative estimate of drug-likeness (QED) is 0.807. The molecule has 1 fully saturated rings. The van der Waals surface area contributed by atoms with Crippen LogP contribution in [0.25, 0.3) is 0 Å². The molecule has 1 saturated heterocycles. The van der Waals surface area contributed by atoms with Crippen LogP contribution >= 0.6 is 0 Å². The van der Waals surface area contributed by atoms with Gasteiger partial charge in [-0.3, -0.25) is 0 Å². The molecule has 0 spiro atoms. The highest BCUT2D eigenvalue weighted by Crippen LogP contribution is 2.16. The standard InChI is InChI=1S/C10H18N4O2/c1-14(7-8-4-2-3-5-15-8)10-13-12-9(6-11)16-10/h8H,2-7,11H2,1H3. The van der Waals surface area contributed by atoms with Gasteiger partial charge in [-0.05, 0) is 19.3 Å². The molecule has 0 aliphatic carbocycles. The van der Waals surface area contributed by atoms with Gasteiger partial charge in [0.2, 0.25) is 5.89 Å². The molecule has 1 aliphatic rings. The zero-order chi connectivity index (χ0) is 11.4. The maximum atomic E-state index is 5.65. The first-order valence-electron chi connectivity index (χ1n) is 5.65. The third kappa shape index (κ3) is 2.70. The number of ether oxygens (including phenoxy) is 1. The summed E-state index contributed by atoms with van der Waals surface area (Å²) in [5.74, 6) is 0.464. The van der Waals surface area contributed by atoms with Gasteiger partial charge in [0.15, 0.2) is 0 Å². The Balaban J connectivity index is 1.88. The first-order chi connectivity index (χ1) is 7.79. The summed E-state index contributed by atoms with van der Waals surface area (Å²) >= 11 is 0. The molecule has 6 heteroatoms. The smallest absolute Gasteiger partial charge is 0.318 e. The minimum Gasteiger partial charge on any atom is -0.407 e. The minimum atomic E-state index is 0.270. The van der Waals surface area contributed by atoms with Crippen LogP contribution < -0.4 is 10.6 Å². The molecule has 0 bridgehead atoms. The van der Waals surface area contributed by atoms with Crippen LogP contribution in [0.3, 0.4) is 0 Å². The molecule has 90 valence electrons. The minimum absolute atomic E-state index is 0.270. The number of hydrogen-bond donors (Lipinski definition) is 1. The molecule has 1 atom stereocenters. The second-order valence-corrected chi connectivity index (χ2v) is 4.05. The van der Waals surface area contributed by atoms with E-state index in [0.29, 0.717) is 11.9 Å². The van der Waals surface area contributed by atoms with Gasteiger partial charge in [0.1, 0.15) is 0 Å². The van der Waals surface area contributed by atoms with E-state index in [0.717, 1.165) is 26.0 Å². The molecule has 0 saturated carbocycles. The molecular formula is C10H18N4O2. The maximum absolute atomic E-state index is 5.65. The van der Waals surface area contributed by atoms with Crippen molar-refractivity contribution >= 4 is 6.01 Å². The van der Waals surface area contributed by atoms with Crippen molar-refractivity contribution in [1.82, 2.24) is 10.2 Å². The molecule has 6 nitrogen and oxygen atoms in total. The molecule has 1 aromatic heterocycles. The van der Waals surface area contributed by atoms with E-state index in [-0.39, 0.29) is 12.6 Å². The van der Waals surface area contributed by atoms with Gasteiger partial charge in [-0.1, -0.05) is 5.10 Å². The monoisotopic (exact) mass is 226 g/mol. The van der Waals surface area contributed by atoms with Crippen LogP contribution in [0, 0.1) is 0 Å². The number of rotatable bonds is 4. The van der Waals surface area contributed by atoms with Crippen LogP contribution in [0.15, 0.2) is 4.42 Å². The summed E-state index contributed by atoms with van der Waals surface area (Å²) in [5, 5.41) is 7.75. The van der Waals surface area contributed by atoms with E-state index in [9.17, 15) is 0 Å². The second-order valence-electron chi connectivity index (χ2n) is 4.05. The third-order valence-electron chi connectivity index (χ3n) is 2.71. The first-order valence-corrected chi connectivity index (χ1v) is 5.65. The molecule has 0 radical (unpaired) electrons. The van der Waals surface area contributed by atoms with Crippen molar-refractivity contribution < 1.29 is 9.15 Å². The fourth-order valence-electron chi connectivity index (χ4n) is 1.82. The zero-order valence-corrected chi connectivity index (χ0v) is 9.56. The lowest BCUT2D eigenvalue weighted by molar-refractivity contribution is 0.0211. The van der Waals surface area contributed by atoms with E-state index in [1.807, 2.05) is 11.9 Å². The van der Waals surface area contributed by atoms with E-state index < -0.39 is 0 Å². The zero-order valence-electron chi connectivity index (χ0n) is 9.56. The van der Waals surface area contributed by atoms with Crippen molar-refractivity contribution in [3.63, 3.8) is 0 Å². The summed E-state index contributed by atoms with van der Waals surface area (Å²) in [5.41, 5.74) is 5.41. The molecule has 1 aliphatic heterocycles. The van der Waals surface area contributed by atoms with Crippen LogP contribution in [0.1, 0.15) is 25.2 Å². The van der Waals surface area contributed by atoms with Gasteiger partial charge in [-0.15, -0.1) is 5.10 Å². The molecule has 0 amide bonds. The van der Waals surface area contributed by atoms with E-state index in [4.69, 9.17) is 14.9 Å². The molecule has 16 heavy (non-hydrogen) atoms. The highest BCUT2D eigenvalue weighted by molar-refractivity contribution is 5.22. The Bertz CT molecular complexity index is 322. The fraction of sp³-hybridized carbons (Fsp3) is 0.800. The Morgan fingerprint density at radius 3 is 2.94 bits per heavy atom. The number of nitrogens with two attached hydrogens (primary N) is 1. The van der Waals surface area contributed by atoms with E-state index in [1.165, 1.54) is 6.42 Å². The van der Waals surface area contributed by atoms with Crippen molar-refractivity contribution in [3.8, 4) is 0 Å². The molecule has 0 aromatic carbocycles. The lowest BCUT2D eigenvalue weighted by Gasteiger charge is -2.26. The van der Waals surface area contributed by atoms with Gasteiger partial charge in [-0.2, -0.15) is 0 Å². The van der Waals surface area contributed by atoms with Crippen LogP contribution in [0.2, 0.25) is 0 Å². The van der Waals surface area contributed by atoms with E-state index >= 15 is 0 Å². The average Bonchev–Trinajstić information content (AvgIpc) is 2.79. The van der Waals surface area contributed by atoms with Crippen LogP contribution in [-0.2, 0) is 11.3 Å². The van der Waals surface area contributed by atoms with Crippen molar-refractivity contribution in [2.24, 2.45) is 5.73 Å². The number of aromatic nitrogens is 2. The largest absolute Gasteiger partial charge is 0.407 e. The Morgan fingerprint density at radius 1 is 1.44 bits per heavy atom. The second kappa shape index (κ2) is 5.27. The molecule has 1 unspecified atom stereocenters. The highest BCUT2D eigenvalue weighted by atomic mass is 16.5. The van der Waals surface area contributed by atoms with Crippen LogP contribution in [0.4, 0.5) is 6.01 Å². The van der Waals surface area contributed by atoms with Gasteiger partial charge in [0.25, 0.3) is 0 Å². The number of likely N-dealkylation sites (N-methyl/N-ethyl adjacent to an activating group) is 1. The number of nitrogens with zero attached hydrogens (tertiary/aromatic N) is 3. The fourth-order valence-corrected chi connectivity index (χ4v) is 1.82. The van der Waals surface area contributed by atoms with Gasteiger partial charge in [0, 0.05) is 20.2 Å². The van der Waals surface area contributed by atoms with Crippen LogP contribution in [-0.4, -0.2) is 36.5 Å². The Labute approximate surface area is 94.8 Å². The predicted octanol–water partition coefficient (Wildman–Crippen LogP) is 0.534. The summed E-state index contributed by atoms with van der Waals surface area (Å²) in [6, 6.07) is 0.509. The molecule has 2 rings (SSSR count). The van der Waals surface area contributed by atoms with Gasteiger partial charge in [0.05, 0.1) is 12.6 Å². The van der Waals surface area contributed by atoms with Crippen molar-refractivity contribution in [3.05, 3.63) is 5.89 Å². The van der Waals surface area contributed by atoms with Crippen LogP contribution in [0.5, 0.6) is 0 Å². The topological polar surface area (TPSA) is 77.4 Å². The third-order valence-corrected chi connectivity index (χ3v) is 2.71. The van der Waals surface area contributed by atoms with E-state index in [1.54, 1.807) is 0 Å². The number of hydrogen-bond acceptors (Lipinski definition) is 6. The summed E-state index contributed by atoms with van der Waals surface area (Å²) in [4.78, 5) is 1.92. The van der Waals surface area contributed by atoms with Crippen molar-refractivity contribution in [2.45, 2.75) is 31.9 Å². The van der Waals surface area contributed by atoms with E-state index in [2.05, 4.69) is 10.2 Å². The average molecular weight is 226 g/mol. The molecule has 2 heterocycles. The highest BCUT2D eigenvalue weighted by Gasteiger charge is 2.18. The Hall–Kier alpha value is -1.14. The summed E-state index contributed by atoms with van der Waals surface area (Å²) in [6.45, 7) is 1.92. The lowest BCUT2D eigenvalue weighted by atomic mass is 10.1. The molecule has 1 aromatic rings.